The second-order valence-corrected chi connectivity index (χ2v) is 10.0. The van der Waals surface area contributed by atoms with Gasteiger partial charge in [0.05, 0.1) is 6.10 Å². The molecule has 1 N–H and O–H groups in total. The zero-order valence-corrected chi connectivity index (χ0v) is 17.7. The number of fused-ring (bicyclic) bond motifs is 1. The van der Waals surface area contributed by atoms with E-state index in [2.05, 4.69) is 5.32 Å². The number of piperazine rings is 1. The van der Waals surface area contributed by atoms with Crippen LogP contribution < -0.4 is 5.32 Å². The number of amides is 2. The highest BCUT2D eigenvalue weighted by molar-refractivity contribution is 5.81. The Morgan fingerprint density at radius 2 is 1.31 bits per heavy atom. The SMILES string of the molecule is O=C(C1CCC1)N1CCN(C(=O)C2CCC(C3CCC4OCCC4N3)CC2)CC1. The topological polar surface area (TPSA) is 61.9 Å². The maximum Gasteiger partial charge on any atom is 0.225 e. The minimum absolute atomic E-state index is 0.200. The van der Waals surface area contributed by atoms with Crippen LogP contribution in [0.1, 0.15) is 64.2 Å². The molecule has 0 aromatic heterocycles. The number of carbonyl (C=O) groups is 2. The van der Waals surface area contributed by atoms with Crippen molar-refractivity contribution in [2.75, 3.05) is 32.8 Å². The maximum absolute atomic E-state index is 13.1. The van der Waals surface area contributed by atoms with E-state index >= 15 is 0 Å². The molecule has 5 fully saturated rings. The molecular weight excluding hydrogens is 366 g/mol. The molecule has 3 heterocycles. The standard InChI is InChI=1S/C23H37N3O3/c27-22(17-2-1-3-17)25-11-13-26(14-12-25)23(28)18-6-4-16(5-7-18)19-8-9-21-20(24-19)10-15-29-21/h16-21,24H,1-15H2. The van der Waals surface area contributed by atoms with Gasteiger partial charge in [0.25, 0.3) is 0 Å². The molecule has 29 heavy (non-hydrogen) atoms. The molecule has 6 heteroatoms. The van der Waals surface area contributed by atoms with Gasteiger partial charge in [-0.1, -0.05) is 6.42 Å². The molecule has 0 spiro atoms. The third-order valence-electron chi connectivity index (χ3n) is 8.45. The molecule has 0 bridgehead atoms. The zero-order chi connectivity index (χ0) is 19.8. The Kier molecular flexibility index (Phi) is 5.83. The van der Waals surface area contributed by atoms with E-state index in [1.165, 1.54) is 32.1 Å². The second-order valence-electron chi connectivity index (χ2n) is 10.0. The Morgan fingerprint density at radius 3 is 1.90 bits per heavy atom. The summed E-state index contributed by atoms with van der Waals surface area (Å²) in [6.07, 6.45) is 11.8. The van der Waals surface area contributed by atoms with Crippen LogP contribution in [-0.2, 0) is 14.3 Å². The molecular formula is C23H37N3O3. The van der Waals surface area contributed by atoms with Crippen molar-refractivity contribution < 1.29 is 14.3 Å². The molecule has 5 aliphatic rings. The van der Waals surface area contributed by atoms with E-state index in [1.54, 1.807) is 0 Å². The summed E-state index contributed by atoms with van der Waals surface area (Å²) in [5, 5.41) is 3.87. The summed E-state index contributed by atoms with van der Waals surface area (Å²) < 4.78 is 5.82. The van der Waals surface area contributed by atoms with Crippen LogP contribution in [0, 0.1) is 17.8 Å². The molecule has 2 amide bonds. The molecule has 6 nitrogen and oxygen atoms in total. The third-order valence-corrected chi connectivity index (χ3v) is 8.45. The molecule has 3 aliphatic heterocycles. The highest BCUT2D eigenvalue weighted by Gasteiger charge is 2.40. The van der Waals surface area contributed by atoms with E-state index in [1.807, 2.05) is 9.80 Å². The van der Waals surface area contributed by atoms with E-state index in [0.29, 0.717) is 30.0 Å². The average molecular weight is 404 g/mol. The van der Waals surface area contributed by atoms with E-state index in [4.69, 9.17) is 4.74 Å². The van der Waals surface area contributed by atoms with Gasteiger partial charge in [0, 0.05) is 56.7 Å². The van der Waals surface area contributed by atoms with Crippen molar-refractivity contribution >= 4 is 11.8 Å². The van der Waals surface area contributed by atoms with E-state index in [-0.39, 0.29) is 11.8 Å². The predicted octanol–water partition coefficient (Wildman–Crippen LogP) is 2.17. The first-order valence-electron chi connectivity index (χ1n) is 12.1. The van der Waals surface area contributed by atoms with E-state index in [9.17, 15) is 9.59 Å². The van der Waals surface area contributed by atoms with Gasteiger partial charge in [-0.2, -0.15) is 0 Å². The fraction of sp³-hybridized carbons (Fsp3) is 0.913. The number of nitrogens with one attached hydrogen (secondary N) is 1. The maximum atomic E-state index is 13.1. The predicted molar refractivity (Wildman–Crippen MR) is 110 cm³/mol. The van der Waals surface area contributed by atoms with Gasteiger partial charge >= 0.3 is 0 Å². The van der Waals surface area contributed by atoms with Crippen molar-refractivity contribution in [2.45, 2.75) is 82.4 Å². The van der Waals surface area contributed by atoms with Gasteiger partial charge in [0.1, 0.15) is 0 Å². The van der Waals surface area contributed by atoms with Crippen LogP contribution in [0.15, 0.2) is 0 Å². The Hall–Kier alpha value is -1.14. The van der Waals surface area contributed by atoms with Gasteiger partial charge in [-0.25, -0.2) is 0 Å². The lowest BCUT2D eigenvalue weighted by Crippen LogP contribution is -2.54. The molecule has 0 aromatic rings. The van der Waals surface area contributed by atoms with Crippen LogP contribution in [0.25, 0.3) is 0 Å². The highest BCUT2D eigenvalue weighted by atomic mass is 16.5. The number of hydrogen-bond donors (Lipinski definition) is 1. The lowest BCUT2D eigenvalue weighted by molar-refractivity contribution is -0.146. The number of ether oxygens (including phenoxy) is 1. The lowest BCUT2D eigenvalue weighted by Gasteiger charge is -2.42. The van der Waals surface area contributed by atoms with Crippen molar-refractivity contribution in [3.05, 3.63) is 0 Å². The van der Waals surface area contributed by atoms with Gasteiger partial charge < -0.3 is 19.9 Å². The van der Waals surface area contributed by atoms with Gasteiger partial charge in [0.2, 0.25) is 11.8 Å². The summed E-state index contributed by atoms with van der Waals surface area (Å²) in [4.78, 5) is 29.5. The van der Waals surface area contributed by atoms with Crippen molar-refractivity contribution in [1.82, 2.24) is 15.1 Å². The molecule has 0 radical (unpaired) electrons. The first kappa shape index (κ1) is 19.8. The highest BCUT2D eigenvalue weighted by Crippen LogP contribution is 2.36. The van der Waals surface area contributed by atoms with E-state index < -0.39 is 0 Å². The van der Waals surface area contributed by atoms with Crippen molar-refractivity contribution in [1.29, 1.82) is 0 Å². The summed E-state index contributed by atoms with van der Waals surface area (Å²) in [7, 11) is 0. The number of carbonyl (C=O) groups excluding carboxylic acids is 2. The number of rotatable bonds is 3. The molecule has 3 unspecified atom stereocenters. The number of hydrogen-bond acceptors (Lipinski definition) is 4. The largest absolute Gasteiger partial charge is 0.377 e. The van der Waals surface area contributed by atoms with Crippen LogP contribution in [0.2, 0.25) is 0 Å². The monoisotopic (exact) mass is 403 g/mol. The van der Waals surface area contributed by atoms with Gasteiger partial charge in [0.15, 0.2) is 0 Å². The molecule has 0 aromatic carbocycles. The Labute approximate surface area is 174 Å². The van der Waals surface area contributed by atoms with Crippen LogP contribution in [0.3, 0.4) is 0 Å². The van der Waals surface area contributed by atoms with Crippen molar-refractivity contribution in [3.8, 4) is 0 Å². The van der Waals surface area contributed by atoms with Gasteiger partial charge in [-0.3, -0.25) is 9.59 Å². The Balaban J connectivity index is 1.06. The lowest BCUT2D eigenvalue weighted by atomic mass is 9.75. The van der Waals surface area contributed by atoms with Crippen LogP contribution in [0.4, 0.5) is 0 Å². The van der Waals surface area contributed by atoms with E-state index in [0.717, 1.165) is 70.8 Å². The quantitative estimate of drug-likeness (QED) is 0.785. The van der Waals surface area contributed by atoms with Crippen molar-refractivity contribution in [2.24, 2.45) is 17.8 Å². The molecule has 2 aliphatic carbocycles. The number of nitrogens with zero attached hydrogens (tertiary/aromatic N) is 2. The molecule has 162 valence electrons. The molecule has 3 atom stereocenters. The van der Waals surface area contributed by atoms with Crippen LogP contribution in [0.5, 0.6) is 0 Å². The summed E-state index contributed by atoms with van der Waals surface area (Å²) in [5.74, 6) is 1.87. The summed E-state index contributed by atoms with van der Waals surface area (Å²) >= 11 is 0. The summed E-state index contributed by atoms with van der Waals surface area (Å²) in [6, 6.07) is 1.18. The van der Waals surface area contributed by atoms with Crippen LogP contribution >= 0.6 is 0 Å². The summed E-state index contributed by atoms with van der Waals surface area (Å²) in [5.41, 5.74) is 0. The summed E-state index contributed by atoms with van der Waals surface area (Å²) in [6.45, 7) is 3.82. The average Bonchev–Trinajstić information content (AvgIpc) is 3.20. The fourth-order valence-corrected chi connectivity index (χ4v) is 6.28. The third kappa shape index (κ3) is 4.07. The van der Waals surface area contributed by atoms with Gasteiger partial charge in [-0.05, 0) is 63.7 Å². The Bertz CT molecular complexity index is 606. The minimum atomic E-state index is 0.200. The second kappa shape index (κ2) is 8.54. The number of piperidine rings is 1. The first-order valence-corrected chi connectivity index (χ1v) is 12.1. The van der Waals surface area contributed by atoms with Crippen molar-refractivity contribution in [3.63, 3.8) is 0 Å². The molecule has 2 saturated carbocycles. The smallest absolute Gasteiger partial charge is 0.225 e. The van der Waals surface area contributed by atoms with Crippen LogP contribution in [-0.4, -0.2) is 72.6 Å². The molecule has 3 saturated heterocycles. The normalized spacial score (nSPS) is 38.4. The first-order chi connectivity index (χ1) is 14.2. The molecule has 5 rings (SSSR count). The minimum Gasteiger partial charge on any atom is -0.377 e. The fourth-order valence-electron chi connectivity index (χ4n) is 6.28. The van der Waals surface area contributed by atoms with Gasteiger partial charge in [-0.15, -0.1) is 0 Å². The Morgan fingerprint density at radius 1 is 0.690 bits per heavy atom. The zero-order valence-electron chi connectivity index (χ0n) is 17.7.